The Bertz CT molecular complexity index is 2820. The molecule has 3 N–H and O–H groups in total. The molecule has 0 bridgehead atoms. The van der Waals surface area contributed by atoms with Crippen molar-refractivity contribution in [3.63, 3.8) is 0 Å². The molecule has 5 amide bonds. The summed E-state index contributed by atoms with van der Waals surface area (Å²) in [6.45, 7) is 4.56. The van der Waals surface area contributed by atoms with Crippen LogP contribution in [0, 0.1) is 11.6 Å². The number of aromatic nitrogens is 4. The van der Waals surface area contributed by atoms with E-state index in [1.165, 1.54) is 17.0 Å². The van der Waals surface area contributed by atoms with Crippen LogP contribution in [0.25, 0.3) is 33.4 Å². The lowest BCUT2D eigenvalue weighted by atomic mass is 10.0. The first-order valence-corrected chi connectivity index (χ1v) is 21.9. The molecule has 0 saturated carbocycles. The maximum absolute atomic E-state index is 15.4. The van der Waals surface area contributed by atoms with Crippen LogP contribution in [0.2, 0.25) is 0 Å². The van der Waals surface area contributed by atoms with Gasteiger partial charge in [-0.3, -0.25) is 34.3 Å². The SMILES string of the molecule is O=C1CCC(N2Cc3cc(CNC(=O)Nc4cccc(N5CCC(n6cc(-c7cnc8cccc(-c9cc(F)c(CN%10CCOCC%10)c(F)c9)c8n7)cn6)CC5)c4)ccc3C2=O)C(=O)N1. The summed E-state index contributed by atoms with van der Waals surface area (Å²) >= 11 is 0. The van der Waals surface area contributed by atoms with E-state index >= 15 is 8.78 Å². The van der Waals surface area contributed by atoms with E-state index in [-0.39, 0.29) is 55.5 Å². The number of hydrogen-bond acceptors (Lipinski definition) is 10. The van der Waals surface area contributed by atoms with Gasteiger partial charge in [0.1, 0.15) is 17.7 Å². The first-order valence-electron chi connectivity index (χ1n) is 21.9. The highest BCUT2D eigenvalue weighted by molar-refractivity contribution is 6.05. The van der Waals surface area contributed by atoms with Gasteiger partial charge in [0.05, 0.1) is 48.4 Å². The molecule has 2 aromatic heterocycles. The van der Waals surface area contributed by atoms with Gasteiger partial charge in [-0.15, -0.1) is 0 Å². The lowest BCUT2D eigenvalue weighted by Crippen LogP contribution is -2.52. The summed E-state index contributed by atoms with van der Waals surface area (Å²) in [5.74, 6) is -2.22. The van der Waals surface area contributed by atoms with Crippen molar-refractivity contribution in [2.45, 2.75) is 57.4 Å². The third-order valence-corrected chi connectivity index (χ3v) is 12.8. The van der Waals surface area contributed by atoms with Crippen LogP contribution in [0.3, 0.4) is 0 Å². The van der Waals surface area contributed by atoms with E-state index in [1.807, 2.05) is 58.2 Å². The minimum atomic E-state index is -0.687. The number of nitrogens with zero attached hydrogens (tertiary/aromatic N) is 7. The van der Waals surface area contributed by atoms with Gasteiger partial charge in [0.15, 0.2) is 0 Å². The Kier molecular flexibility index (Phi) is 11.5. The summed E-state index contributed by atoms with van der Waals surface area (Å²) in [6.07, 6.45) is 7.60. The molecule has 4 aromatic carbocycles. The number of hydrogen-bond donors (Lipinski definition) is 3. The molecule has 6 aromatic rings. The van der Waals surface area contributed by atoms with Gasteiger partial charge >= 0.3 is 6.03 Å². The third kappa shape index (κ3) is 8.76. The number of imide groups is 1. The molecule has 15 nitrogen and oxygen atoms in total. The predicted octanol–water partition coefficient (Wildman–Crippen LogP) is 6.19. The molecule has 0 radical (unpaired) electrons. The average molecular weight is 881 g/mol. The van der Waals surface area contributed by atoms with Crippen molar-refractivity contribution in [1.82, 2.24) is 40.2 Å². The number of carbonyl (C=O) groups is 4. The smallest absolute Gasteiger partial charge is 0.319 e. The molecule has 4 aliphatic rings. The summed E-state index contributed by atoms with van der Waals surface area (Å²) in [7, 11) is 0. The summed E-state index contributed by atoms with van der Waals surface area (Å²) < 4.78 is 38.2. The van der Waals surface area contributed by atoms with E-state index in [1.54, 1.807) is 30.6 Å². The molecule has 10 rings (SSSR count). The molecule has 0 spiro atoms. The lowest BCUT2D eigenvalue weighted by Gasteiger charge is -2.34. The Balaban J connectivity index is 0.743. The van der Waals surface area contributed by atoms with Crippen LogP contribution in [0.1, 0.15) is 58.8 Å². The number of fused-ring (bicyclic) bond motifs is 2. The van der Waals surface area contributed by atoms with E-state index in [0.717, 1.165) is 48.3 Å². The Morgan fingerprint density at radius 3 is 2.46 bits per heavy atom. The number of benzene rings is 4. The number of amides is 5. The zero-order valence-electron chi connectivity index (χ0n) is 35.4. The van der Waals surface area contributed by atoms with Gasteiger partial charge in [0, 0.05) is 92.1 Å². The standard InChI is InChI=1S/C48H46F2N10O5/c49-39-20-30(21-40(50)38(39)28-57-15-17-65-18-16-57)36-5-2-6-41-45(36)55-42(25-51-41)32-24-53-60(27-32)34-11-13-58(14-12-34)35-4-1-3-33(22-35)54-48(64)52-23-29-7-8-37-31(19-29)26-59(47(37)63)43-9-10-44(61)56-46(43)62/h1-8,19-22,24-25,27,34,43H,9-18,23,26,28H2,(H2,52,54,64)(H,56,61,62). The van der Waals surface area contributed by atoms with Crippen molar-refractivity contribution in [3.8, 4) is 22.4 Å². The van der Waals surface area contributed by atoms with Crippen molar-refractivity contribution in [2.75, 3.05) is 49.6 Å². The van der Waals surface area contributed by atoms with Gasteiger partial charge in [-0.1, -0.05) is 30.3 Å². The number of halogens is 2. The first kappa shape index (κ1) is 41.9. The Labute approximate surface area is 372 Å². The highest BCUT2D eigenvalue weighted by Gasteiger charge is 2.39. The van der Waals surface area contributed by atoms with Gasteiger partial charge in [-0.05, 0) is 78.4 Å². The number of rotatable bonds is 10. The number of para-hydroxylation sites is 1. The molecule has 1 atom stereocenters. The predicted molar refractivity (Wildman–Crippen MR) is 237 cm³/mol. The topological polar surface area (TPSA) is 167 Å². The van der Waals surface area contributed by atoms with Crippen LogP contribution in [-0.4, -0.2) is 98.7 Å². The fraction of sp³-hybridized carbons (Fsp3) is 0.312. The van der Waals surface area contributed by atoms with Crippen LogP contribution in [0.15, 0.2) is 91.4 Å². The third-order valence-electron chi connectivity index (χ3n) is 12.8. The van der Waals surface area contributed by atoms with E-state index in [0.29, 0.717) is 71.8 Å². The highest BCUT2D eigenvalue weighted by Crippen LogP contribution is 2.34. The van der Waals surface area contributed by atoms with Gasteiger partial charge < -0.3 is 25.2 Å². The van der Waals surface area contributed by atoms with Crippen molar-refractivity contribution in [1.29, 1.82) is 0 Å². The second-order valence-electron chi connectivity index (χ2n) is 16.9. The molecule has 6 heterocycles. The molecule has 332 valence electrons. The van der Waals surface area contributed by atoms with Crippen LogP contribution in [0.5, 0.6) is 0 Å². The highest BCUT2D eigenvalue weighted by atomic mass is 19.1. The second kappa shape index (κ2) is 17.8. The van der Waals surface area contributed by atoms with Crippen molar-refractivity contribution >= 4 is 46.2 Å². The summed E-state index contributed by atoms with van der Waals surface area (Å²) in [5, 5.41) is 12.9. The normalized spacial score (nSPS) is 18.2. The Hall–Kier alpha value is -7.11. The molecule has 3 saturated heterocycles. The Morgan fingerprint density at radius 1 is 0.862 bits per heavy atom. The number of nitrogens with one attached hydrogen (secondary N) is 3. The molecule has 4 aliphatic heterocycles. The summed E-state index contributed by atoms with van der Waals surface area (Å²) in [4.78, 5) is 65.5. The zero-order chi connectivity index (χ0) is 44.6. The number of ether oxygens (including phenoxy) is 1. The van der Waals surface area contributed by atoms with Crippen molar-refractivity contribution in [2.24, 2.45) is 0 Å². The van der Waals surface area contributed by atoms with Crippen LogP contribution in [0.4, 0.5) is 25.0 Å². The van der Waals surface area contributed by atoms with Gasteiger partial charge in [0.25, 0.3) is 5.91 Å². The monoisotopic (exact) mass is 880 g/mol. The fourth-order valence-corrected chi connectivity index (χ4v) is 9.23. The van der Waals surface area contributed by atoms with Crippen molar-refractivity contribution < 1.29 is 32.7 Å². The fourth-order valence-electron chi connectivity index (χ4n) is 9.23. The van der Waals surface area contributed by atoms with E-state index in [2.05, 4.69) is 25.8 Å². The van der Waals surface area contributed by atoms with Crippen LogP contribution < -0.4 is 20.9 Å². The van der Waals surface area contributed by atoms with Gasteiger partial charge in [0.2, 0.25) is 11.8 Å². The quantitative estimate of drug-likeness (QED) is 0.135. The van der Waals surface area contributed by atoms with Gasteiger partial charge in [-0.25, -0.2) is 18.6 Å². The van der Waals surface area contributed by atoms with Gasteiger partial charge in [-0.2, -0.15) is 5.10 Å². The van der Waals surface area contributed by atoms with Crippen LogP contribution in [-0.2, 0) is 34.0 Å². The largest absolute Gasteiger partial charge is 0.379 e. The van der Waals surface area contributed by atoms with E-state index in [4.69, 9.17) is 14.8 Å². The minimum absolute atomic E-state index is 0.0435. The number of morpholine rings is 1. The second-order valence-corrected chi connectivity index (χ2v) is 16.9. The van der Waals surface area contributed by atoms with E-state index < -0.39 is 23.6 Å². The molecule has 3 fully saturated rings. The summed E-state index contributed by atoms with van der Waals surface area (Å²) in [5.41, 5.74) is 7.30. The maximum atomic E-state index is 15.4. The van der Waals surface area contributed by atoms with E-state index in [9.17, 15) is 19.2 Å². The molecular weight excluding hydrogens is 835 g/mol. The number of carbonyl (C=O) groups excluding carboxylic acids is 4. The molecule has 65 heavy (non-hydrogen) atoms. The number of urea groups is 1. The molecule has 17 heteroatoms. The minimum Gasteiger partial charge on any atom is -0.379 e. The molecular formula is C48H46F2N10O5. The summed E-state index contributed by atoms with van der Waals surface area (Å²) in [6, 6.07) is 20.4. The van der Waals surface area contributed by atoms with Crippen molar-refractivity contribution in [3.05, 3.63) is 125 Å². The first-order chi connectivity index (χ1) is 31.6. The molecule has 0 aliphatic carbocycles. The maximum Gasteiger partial charge on any atom is 0.319 e. The number of piperidine rings is 2. The van der Waals surface area contributed by atoms with Crippen LogP contribution >= 0.6 is 0 Å². The average Bonchev–Trinajstić information content (AvgIpc) is 3.94. The Morgan fingerprint density at radius 2 is 1.66 bits per heavy atom. The number of anilines is 2. The zero-order valence-corrected chi connectivity index (χ0v) is 35.4. The lowest BCUT2D eigenvalue weighted by molar-refractivity contribution is -0.136. The molecule has 1 unspecified atom stereocenters.